The third-order valence-electron chi connectivity index (χ3n) is 4.36. The van der Waals surface area contributed by atoms with E-state index in [2.05, 4.69) is 20.6 Å². The van der Waals surface area contributed by atoms with E-state index in [1.807, 2.05) is 17.7 Å². The molecule has 0 fully saturated rings. The van der Waals surface area contributed by atoms with Crippen molar-refractivity contribution in [1.29, 1.82) is 0 Å². The number of aromatic nitrogens is 3. The Bertz CT molecular complexity index is 985. The molecule has 0 bridgehead atoms. The summed E-state index contributed by atoms with van der Waals surface area (Å²) in [5, 5.41) is 6.83. The van der Waals surface area contributed by atoms with E-state index in [0.29, 0.717) is 29.5 Å². The Morgan fingerprint density at radius 1 is 1.35 bits per heavy atom. The van der Waals surface area contributed by atoms with Crippen molar-refractivity contribution in [2.45, 2.75) is 6.42 Å². The lowest BCUT2D eigenvalue weighted by molar-refractivity contribution is 0.0947. The third kappa shape index (κ3) is 2.83. The van der Waals surface area contributed by atoms with Crippen LogP contribution in [0.5, 0.6) is 5.75 Å². The number of hydrogen-bond donors (Lipinski definition) is 2. The second-order valence-electron chi connectivity index (χ2n) is 5.99. The van der Waals surface area contributed by atoms with E-state index in [-0.39, 0.29) is 12.5 Å². The maximum absolute atomic E-state index is 12.2. The molecule has 0 spiro atoms. The lowest BCUT2D eigenvalue weighted by Crippen LogP contribution is -2.32. The first-order valence-corrected chi connectivity index (χ1v) is 8.35. The normalized spacial score (nSPS) is 13.4. The van der Waals surface area contributed by atoms with E-state index < -0.39 is 6.67 Å². The van der Waals surface area contributed by atoms with Gasteiger partial charge in [0.05, 0.1) is 5.56 Å². The number of carbonyl (C=O) groups is 1. The van der Waals surface area contributed by atoms with Crippen LogP contribution in [-0.2, 0) is 13.5 Å². The zero-order chi connectivity index (χ0) is 18.1. The molecule has 1 amide bonds. The number of hydrogen-bond acceptors (Lipinski definition) is 5. The minimum Gasteiger partial charge on any atom is -0.491 e. The van der Waals surface area contributed by atoms with Crippen molar-refractivity contribution in [3.05, 3.63) is 41.7 Å². The predicted octanol–water partition coefficient (Wildman–Crippen LogP) is 2.35. The Balaban J connectivity index is 1.66. The SMILES string of the molecule is Cn1c2c(c3ccc(Nc4cc(OCCF)ccn4)nc31)C(=O)NCC2. The molecule has 8 heteroatoms. The summed E-state index contributed by atoms with van der Waals surface area (Å²) in [5.41, 5.74) is 2.43. The predicted molar refractivity (Wildman–Crippen MR) is 95.7 cm³/mol. The molecule has 1 aliphatic rings. The van der Waals surface area contributed by atoms with Crippen molar-refractivity contribution < 1.29 is 13.9 Å². The minimum absolute atomic E-state index is 0.00459. The summed E-state index contributed by atoms with van der Waals surface area (Å²) in [6.45, 7) is 0.0936. The molecule has 0 saturated heterocycles. The molecule has 1 aliphatic heterocycles. The summed E-state index contributed by atoms with van der Waals surface area (Å²) in [4.78, 5) is 21.1. The highest BCUT2D eigenvalue weighted by Gasteiger charge is 2.25. The number of ether oxygens (including phenoxy) is 1. The van der Waals surface area contributed by atoms with Gasteiger partial charge < -0.3 is 19.9 Å². The zero-order valence-corrected chi connectivity index (χ0v) is 14.3. The Hall–Kier alpha value is -3.16. The molecule has 26 heavy (non-hydrogen) atoms. The maximum atomic E-state index is 12.2. The van der Waals surface area contributed by atoms with Gasteiger partial charge in [-0.25, -0.2) is 14.4 Å². The summed E-state index contributed by atoms with van der Waals surface area (Å²) in [6.07, 6.45) is 2.37. The molecule has 0 radical (unpaired) electrons. The largest absolute Gasteiger partial charge is 0.491 e. The van der Waals surface area contributed by atoms with Gasteiger partial charge in [0.1, 0.15) is 36.3 Å². The fourth-order valence-corrected chi connectivity index (χ4v) is 3.21. The van der Waals surface area contributed by atoms with Crippen molar-refractivity contribution in [3.8, 4) is 5.75 Å². The smallest absolute Gasteiger partial charge is 0.253 e. The molecule has 0 unspecified atom stereocenters. The number of alkyl halides is 1. The zero-order valence-electron chi connectivity index (χ0n) is 14.3. The van der Waals surface area contributed by atoms with E-state index in [0.717, 1.165) is 23.1 Å². The maximum Gasteiger partial charge on any atom is 0.253 e. The number of anilines is 2. The molecule has 0 aliphatic carbocycles. The van der Waals surface area contributed by atoms with Gasteiger partial charge in [-0.15, -0.1) is 0 Å². The molecular weight excluding hydrogens is 337 g/mol. The minimum atomic E-state index is -0.547. The molecule has 0 aromatic carbocycles. The topological polar surface area (TPSA) is 81.1 Å². The van der Waals surface area contributed by atoms with Gasteiger partial charge in [-0.05, 0) is 18.2 Å². The van der Waals surface area contributed by atoms with E-state index in [4.69, 9.17) is 4.74 Å². The molecule has 4 heterocycles. The van der Waals surface area contributed by atoms with Crippen molar-refractivity contribution in [3.63, 3.8) is 0 Å². The Kier molecular flexibility index (Phi) is 4.16. The van der Waals surface area contributed by atoms with Crippen molar-refractivity contribution in [2.24, 2.45) is 7.05 Å². The van der Waals surface area contributed by atoms with E-state index in [1.54, 1.807) is 24.4 Å². The number of amides is 1. The number of nitrogens with zero attached hydrogens (tertiary/aromatic N) is 3. The molecule has 7 nitrogen and oxygen atoms in total. The fraction of sp³-hybridized carbons (Fsp3) is 0.278. The molecule has 3 aromatic heterocycles. The molecule has 2 N–H and O–H groups in total. The first kappa shape index (κ1) is 16.3. The number of nitrogens with one attached hydrogen (secondary N) is 2. The van der Waals surface area contributed by atoms with Crippen LogP contribution in [0.1, 0.15) is 16.1 Å². The van der Waals surface area contributed by atoms with Crippen molar-refractivity contribution in [1.82, 2.24) is 19.9 Å². The summed E-state index contributed by atoms with van der Waals surface area (Å²) in [6, 6.07) is 7.05. The molecular formula is C18H18FN5O2. The van der Waals surface area contributed by atoms with Gasteiger partial charge in [0.2, 0.25) is 0 Å². The van der Waals surface area contributed by atoms with Gasteiger partial charge in [0, 0.05) is 43.4 Å². The highest BCUT2D eigenvalue weighted by atomic mass is 19.1. The van der Waals surface area contributed by atoms with Crippen LogP contribution in [0.4, 0.5) is 16.0 Å². The Labute approximate surface area is 149 Å². The van der Waals surface area contributed by atoms with E-state index in [9.17, 15) is 9.18 Å². The lowest BCUT2D eigenvalue weighted by atomic mass is 10.1. The second kappa shape index (κ2) is 6.62. The van der Waals surface area contributed by atoms with Gasteiger partial charge in [-0.3, -0.25) is 4.79 Å². The van der Waals surface area contributed by atoms with Crippen LogP contribution in [0.25, 0.3) is 11.0 Å². The van der Waals surface area contributed by atoms with Gasteiger partial charge in [0.25, 0.3) is 5.91 Å². The summed E-state index contributed by atoms with van der Waals surface area (Å²) in [5.74, 6) is 1.63. The highest BCUT2D eigenvalue weighted by molar-refractivity contribution is 6.08. The van der Waals surface area contributed by atoms with E-state index >= 15 is 0 Å². The van der Waals surface area contributed by atoms with E-state index in [1.165, 1.54) is 0 Å². The standard InChI is InChI=1S/C18H18FN5O2/c1-24-13-5-8-21-18(25)16(13)12-2-3-14(23-17(12)24)22-15-10-11(4-7-20-15)26-9-6-19/h2-4,7,10H,5-6,8-9H2,1H3,(H,21,25)(H,20,22,23). The molecule has 3 aromatic rings. The van der Waals surface area contributed by atoms with Crippen LogP contribution in [0, 0.1) is 0 Å². The monoisotopic (exact) mass is 355 g/mol. The number of pyridine rings is 2. The van der Waals surface area contributed by atoms with Crippen molar-refractivity contribution in [2.75, 3.05) is 25.1 Å². The number of halogens is 1. The van der Waals surface area contributed by atoms with Crippen molar-refractivity contribution >= 4 is 28.6 Å². The van der Waals surface area contributed by atoms with Gasteiger partial charge >= 0.3 is 0 Å². The molecule has 0 saturated carbocycles. The highest BCUT2D eigenvalue weighted by Crippen LogP contribution is 2.28. The second-order valence-corrected chi connectivity index (χ2v) is 5.99. The van der Waals surface area contributed by atoms with Crippen LogP contribution in [0.15, 0.2) is 30.5 Å². The summed E-state index contributed by atoms with van der Waals surface area (Å²) >= 11 is 0. The Morgan fingerprint density at radius 2 is 2.23 bits per heavy atom. The average Bonchev–Trinajstić information content (AvgIpc) is 2.94. The quantitative estimate of drug-likeness (QED) is 0.734. The molecule has 0 atom stereocenters. The van der Waals surface area contributed by atoms with Crippen LogP contribution in [-0.4, -0.2) is 40.3 Å². The summed E-state index contributed by atoms with van der Waals surface area (Å²) in [7, 11) is 1.92. The average molecular weight is 355 g/mol. The number of aryl methyl sites for hydroxylation is 1. The van der Waals surface area contributed by atoms with Crippen LogP contribution in [0.2, 0.25) is 0 Å². The molecule has 134 valence electrons. The fourth-order valence-electron chi connectivity index (χ4n) is 3.21. The van der Waals surface area contributed by atoms with Gasteiger partial charge in [-0.1, -0.05) is 0 Å². The van der Waals surface area contributed by atoms with Crippen LogP contribution in [0.3, 0.4) is 0 Å². The van der Waals surface area contributed by atoms with Crippen LogP contribution < -0.4 is 15.4 Å². The first-order chi connectivity index (χ1) is 12.7. The number of carbonyl (C=O) groups excluding carboxylic acids is 1. The number of rotatable bonds is 5. The Morgan fingerprint density at radius 3 is 3.08 bits per heavy atom. The number of fused-ring (bicyclic) bond motifs is 3. The third-order valence-corrected chi connectivity index (χ3v) is 4.36. The summed E-state index contributed by atoms with van der Waals surface area (Å²) < 4.78 is 19.5. The lowest BCUT2D eigenvalue weighted by Gasteiger charge is -2.13. The van der Waals surface area contributed by atoms with Gasteiger partial charge in [-0.2, -0.15) is 0 Å². The van der Waals surface area contributed by atoms with Crippen LogP contribution >= 0.6 is 0 Å². The van der Waals surface area contributed by atoms with Gasteiger partial charge in [0.15, 0.2) is 0 Å². The molecule has 4 rings (SSSR count). The first-order valence-electron chi connectivity index (χ1n) is 8.35.